The molecule has 0 radical (unpaired) electrons. The van der Waals surface area contributed by atoms with Gasteiger partial charge in [-0.05, 0) is 55.5 Å². The van der Waals surface area contributed by atoms with E-state index in [1.165, 1.54) is 0 Å². The largest absolute Gasteiger partial charge is 0.489 e. The summed E-state index contributed by atoms with van der Waals surface area (Å²) >= 11 is 0. The summed E-state index contributed by atoms with van der Waals surface area (Å²) in [5.41, 5.74) is 3.12. The minimum absolute atomic E-state index is 0.00312. The SMILES string of the molecule is Cc1ncccc1C(=O)N1CCC(Oc2ccc(-c3noc(-c4ccccc4)n3)cc2)C1. The second-order valence-electron chi connectivity index (χ2n) is 7.73. The van der Waals surface area contributed by atoms with Gasteiger partial charge in [-0.1, -0.05) is 23.4 Å². The highest BCUT2D eigenvalue weighted by Crippen LogP contribution is 2.25. The molecular weight excluding hydrogens is 404 g/mol. The third kappa shape index (κ3) is 4.09. The first-order valence-corrected chi connectivity index (χ1v) is 10.5. The number of nitrogens with zero attached hydrogens (tertiary/aromatic N) is 4. The van der Waals surface area contributed by atoms with E-state index in [1.807, 2.05) is 72.5 Å². The third-order valence-electron chi connectivity index (χ3n) is 5.53. The first kappa shape index (κ1) is 19.9. The zero-order chi connectivity index (χ0) is 21.9. The summed E-state index contributed by atoms with van der Waals surface area (Å²) in [6.45, 7) is 3.08. The summed E-state index contributed by atoms with van der Waals surface area (Å²) in [5, 5.41) is 4.08. The lowest BCUT2D eigenvalue weighted by molar-refractivity contribution is 0.0771. The Labute approximate surface area is 185 Å². The van der Waals surface area contributed by atoms with Gasteiger partial charge in [-0.25, -0.2) is 0 Å². The lowest BCUT2D eigenvalue weighted by Gasteiger charge is -2.18. The zero-order valence-corrected chi connectivity index (χ0v) is 17.6. The van der Waals surface area contributed by atoms with Gasteiger partial charge >= 0.3 is 0 Å². The van der Waals surface area contributed by atoms with Crippen LogP contribution in [0.4, 0.5) is 0 Å². The maximum Gasteiger partial charge on any atom is 0.258 e. The van der Waals surface area contributed by atoms with Crippen molar-refractivity contribution in [3.63, 3.8) is 0 Å². The number of carbonyl (C=O) groups is 1. The van der Waals surface area contributed by atoms with Crippen LogP contribution >= 0.6 is 0 Å². The number of hydrogen-bond acceptors (Lipinski definition) is 6. The first-order valence-electron chi connectivity index (χ1n) is 10.5. The topological polar surface area (TPSA) is 81.4 Å². The molecule has 160 valence electrons. The van der Waals surface area contributed by atoms with Gasteiger partial charge < -0.3 is 14.2 Å². The fourth-order valence-electron chi connectivity index (χ4n) is 3.80. The molecule has 1 amide bonds. The highest BCUT2D eigenvalue weighted by molar-refractivity contribution is 5.95. The lowest BCUT2D eigenvalue weighted by Crippen LogP contribution is -2.31. The number of amides is 1. The van der Waals surface area contributed by atoms with Crippen LogP contribution in [-0.4, -0.2) is 45.1 Å². The van der Waals surface area contributed by atoms with Gasteiger partial charge in [0.15, 0.2) is 0 Å². The summed E-state index contributed by atoms with van der Waals surface area (Å²) in [4.78, 5) is 23.3. The van der Waals surface area contributed by atoms with E-state index in [2.05, 4.69) is 15.1 Å². The van der Waals surface area contributed by atoms with E-state index >= 15 is 0 Å². The summed E-state index contributed by atoms with van der Waals surface area (Å²) in [6, 6.07) is 20.9. The Balaban J connectivity index is 1.22. The average molecular weight is 426 g/mol. The summed E-state index contributed by atoms with van der Waals surface area (Å²) in [5.74, 6) is 1.76. The number of rotatable bonds is 5. The van der Waals surface area contributed by atoms with Crippen LogP contribution in [0.25, 0.3) is 22.8 Å². The molecule has 1 saturated heterocycles. The molecule has 4 aromatic rings. The molecule has 3 heterocycles. The summed E-state index contributed by atoms with van der Waals surface area (Å²) < 4.78 is 11.5. The Morgan fingerprint density at radius 2 is 1.84 bits per heavy atom. The van der Waals surface area contributed by atoms with Gasteiger partial charge in [0, 0.05) is 36.0 Å². The Kier molecular flexibility index (Phi) is 5.37. The van der Waals surface area contributed by atoms with Gasteiger partial charge in [0.2, 0.25) is 5.82 Å². The van der Waals surface area contributed by atoms with E-state index in [9.17, 15) is 4.79 Å². The van der Waals surface area contributed by atoms with Crippen LogP contribution < -0.4 is 4.74 Å². The van der Waals surface area contributed by atoms with Crippen molar-refractivity contribution >= 4 is 5.91 Å². The van der Waals surface area contributed by atoms with Crippen LogP contribution in [0.2, 0.25) is 0 Å². The normalized spacial score (nSPS) is 15.7. The van der Waals surface area contributed by atoms with Crippen LogP contribution in [-0.2, 0) is 0 Å². The number of carbonyl (C=O) groups excluding carboxylic acids is 1. The molecular formula is C25H22N4O3. The second kappa shape index (κ2) is 8.63. The predicted octanol–water partition coefficient (Wildman–Crippen LogP) is 4.40. The number of hydrogen-bond donors (Lipinski definition) is 0. The van der Waals surface area contributed by atoms with Gasteiger partial charge in [-0.15, -0.1) is 0 Å². The molecule has 1 aliphatic heterocycles. The monoisotopic (exact) mass is 426 g/mol. The fourth-order valence-corrected chi connectivity index (χ4v) is 3.80. The van der Waals surface area contributed by atoms with Crippen molar-refractivity contribution in [2.24, 2.45) is 0 Å². The molecule has 0 saturated carbocycles. The molecule has 1 aliphatic rings. The average Bonchev–Trinajstić information content (AvgIpc) is 3.50. The molecule has 0 N–H and O–H groups in total. The molecule has 32 heavy (non-hydrogen) atoms. The van der Waals surface area contributed by atoms with Crippen molar-refractivity contribution in [3.8, 4) is 28.6 Å². The highest BCUT2D eigenvalue weighted by Gasteiger charge is 2.29. The van der Waals surface area contributed by atoms with Gasteiger partial charge in [0.1, 0.15) is 11.9 Å². The van der Waals surface area contributed by atoms with Crippen LogP contribution in [0.1, 0.15) is 22.5 Å². The summed E-state index contributed by atoms with van der Waals surface area (Å²) in [6.07, 6.45) is 2.44. The van der Waals surface area contributed by atoms with Crippen molar-refractivity contribution < 1.29 is 14.1 Å². The minimum Gasteiger partial charge on any atom is -0.489 e. The molecule has 5 rings (SSSR count). The van der Waals surface area contributed by atoms with E-state index in [1.54, 1.807) is 12.3 Å². The molecule has 1 fully saturated rings. The van der Waals surface area contributed by atoms with E-state index in [-0.39, 0.29) is 12.0 Å². The molecule has 0 spiro atoms. The maximum absolute atomic E-state index is 12.8. The highest BCUT2D eigenvalue weighted by atomic mass is 16.5. The van der Waals surface area contributed by atoms with Crippen LogP contribution in [0, 0.1) is 6.92 Å². The number of aryl methyl sites for hydroxylation is 1. The Bertz CT molecular complexity index is 1220. The number of benzene rings is 2. The molecule has 2 aromatic carbocycles. The number of aromatic nitrogens is 3. The van der Waals surface area contributed by atoms with E-state index in [0.29, 0.717) is 30.4 Å². The molecule has 1 atom stereocenters. The minimum atomic E-state index is -0.0448. The van der Waals surface area contributed by atoms with Crippen molar-refractivity contribution in [2.75, 3.05) is 13.1 Å². The quantitative estimate of drug-likeness (QED) is 0.470. The standard InChI is InChI=1S/C25H22N4O3/c1-17-22(8-5-14-26-17)25(30)29-15-13-21(16-29)31-20-11-9-18(10-12-20)23-27-24(32-28-23)19-6-3-2-4-7-19/h2-12,14,21H,13,15-16H2,1H3. The van der Waals surface area contributed by atoms with Crippen LogP contribution in [0.15, 0.2) is 77.4 Å². The predicted molar refractivity (Wildman–Crippen MR) is 119 cm³/mol. The van der Waals surface area contributed by atoms with Crippen molar-refractivity contribution in [1.82, 2.24) is 20.0 Å². The number of ether oxygens (including phenoxy) is 1. The third-order valence-corrected chi connectivity index (χ3v) is 5.53. The van der Waals surface area contributed by atoms with Gasteiger partial charge in [0.05, 0.1) is 12.1 Å². The van der Waals surface area contributed by atoms with Crippen molar-refractivity contribution in [2.45, 2.75) is 19.4 Å². The molecule has 2 aromatic heterocycles. The Morgan fingerprint density at radius 1 is 1.03 bits per heavy atom. The van der Waals surface area contributed by atoms with Gasteiger partial charge in [-0.2, -0.15) is 4.98 Å². The van der Waals surface area contributed by atoms with E-state index in [0.717, 1.165) is 29.0 Å². The van der Waals surface area contributed by atoms with Crippen molar-refractivity contribution in [3.05, 3.63) is 84.2 Å². The maximum atomic E-state index is 12.8. The molecule has 1 unspecified atom stereocenters. The lowest BCUT2D eigenvalue weighted by atomic mass is 10.2. The van der Waals surface area contributed by atoms with Crippen molar-refractivity contribution in [1.29, 1.82) is 0 Å². The number of pyridine rings is 1. The van der Waals surface area contributed by atoms with E-state index in [4.69, 9.17) is 9.26 Å². The van der Waals surface area contributed by atoms with Gasteiger partial charge in [-0.3, -0.25) is 9.78 Å². The summed E-state index contributed by atoms with van der Waals surface area (Å²) in [7, 11) is 0. The molecule has 7 heteroatoms. The molecule has 7 nitrogen and oxygen atoms in total. The zero-order valence-electron chi connectivity index (χ0n) is 17.6. The Hall–Kier alpha value is -4.00. The number of likely N-dealkylation sites (tertiary alicyclic amines) is 1. The Morgan fingerprint density at radius 3 is 2.62 bits per heavy atom. The van der Waals surface area contributed by atoms with Crippen LogP contribution in [0.5, 0.6) is 5.75 Å². The first-order chi connectivity index (χ1) is 15.7. The fraction of sp³-hybridized carbons (Fsp3) is 0.200. The molecule has 0 aliphatic carbocycles. The van der Waals surface area contributed by atoms with Crippen LogP contribution in [0.3, 0.4) is 0 Å². The smallest absolute Gasteiger partial charge is 0.258 e. The molecule has 0 bridgehead atoms. The second-order valence-corrected chi connectivity index (χ2v) is 7.73. The van der Waals surface area contributed by atoms with E-state index < -0.39 is 0 Å². The van der Waals surface area contributed by atoms with Gasteiger partial charge in [0.25, 0.3) is 11.8 Å².